The molecule has 0 spiro atoms. The SMILES string of the molecule is COc1cc(C=CC2C3=CCC4C(=O)N(c5ccc(N6CCOCC6)cc5)C(=O)C4C3CC3(Cl)C(=O)N(C)C(=O)C23Cl)ccc1O. The summed E-state index contributed by atoms with van der Waals surface area (Å²) in [6, 6.07) is 12.2. The maximum absolute atomic E-state index is 14.2. The number of carbonyl (C=O) groups is 4. The van der Waals surface area contributed by atoms with Crippen LogP contribution in [0.15, 0.2) is 60.2 Å². The van der Waals surface area contributed by atoms with Gasteiger partial charge in [0, 0.05) is 31.7 Å². The summed E-state index contributed by atoms with van der Waals surface area (Å²) in [6.45, 7) is 2.80. The van der Waals surface area contributed by atoms with E-state index in [1.165, 1.54) is 25.1 Å². The molecule has 0 aromatic heterocycles. The summed E-state index contributed by atoms with van der Waals surface area (Å²) >= 11 is 14.4. The number of hydrogen-bond acceptors (Lipinski definition) is 8. The highest BCUT2D eigenvalue weighted by molar-refractivity contribution is 6.53. The first-order valence-electron chi connectivity index (χ1n) is 15.3. The second-order valence-corrected chi connectivity index (χ2v) is 13.7. The minimum Gasteiger partial charge on any atom is -0.504 e. The van der Waals surface area contributed by atoms with Crippen LogP contribution in [-0.2, 0) is 23.9 Å². The van der Waals surface area contributed by atoms with Gasteiger partial charge < -0.3 is 19.5 Å². The molecule has 3 heterocycles. The number of phenols is 1. The number of aromatic hydroxyl groups is 1. The summed E-state index contributed by atoms with van der Waals surface area (Å²) in [7, 11) is 2.80. The summed E-state index contributed by atoms with van der Waals surface area (Å²) in [6.07, 6.45) is 5.55. The number of morpholine rings is 1. The standard InChI is InChI=1S/C34H33Cl2N3O7/c1-37-31(43)33(35)18-24-22(25(34(33,36)32(37)44)11-3-19-4-12-26(40)27(17-19)45-2)9-10-23-28(24)30(42)39(29(23)41)21-7-5-20(6-8-21)38-13-15-46-16-14-38/h3-9,11-12,17,23-25,28,40H,10,13-16,18H2,1-2H3. The molecule has 4 amide bonds. The van der Waals surface area contributed by atoms with Gasteiger partial charge in [-0.05, 0) is 60.7 Å². The van der Waals surface area contributed by atoms with Gasteiger partial charge in [-0.3, -0.25) is 29.0 Å². The molecule has 3 aliphatic heterocycles. The molecule has 10 nitrogen and oxygen atoms in total. The number of alkyl halides is 2. The Hall–Kier alpha value is -3.86. The molecule has 1 N–H and O–H groups in total. The summed E-state index contributed by atoms with van der Waals surface area (Å²) in [5.41, 5.74) is 2.82. The van der Waals surface area contributed by atoms with E-state index in [1.54, 1.807) is 36.4 Å². The van der Waals surface area contributed by atoms with E-state index in [0.717, 1.165) is 23.7 Å². The normalized spacial score (nSPS) is 32.5. The third kappa shape index (κ3) is 4.33. The lowest BCUT2D eigenvalue weighted by atomic mass is 9.57. The number of allylic oxidation sites excluding steroid dienone is 3. The average molecular weight is 667 g/mol. The van der Waals surface area contributed by atoms with E-state index < -0.39 is 45.2 Å². The first-order valence-corrected chi connectivity index (χ1v) is 16.0. The Labute approximate surface area is 276 Å². The van der Waals surface area contributed by atoms with E-state index in [2.05, 4.69) is 4.90 Å². The highest BCUT2D eigenvalue weighted by Crippen LogP contribution is 2.63. The second-order valence-electron chi connectivity index (χ2n) is 12.5. The molecule has 240 valence electrons. The molecule has 0 bridgehead atoms. The number of carbonyl (C=O) groups excluding carboxylic acids is 4. The molecular formula is C34H33Cl2N3O7. The largest absolute Gasteiger partial charge is 0.504 e. The van der Waals surface area contributed by atoms with E-state index in [0.29, 0.717) is 30.0 Å². The highest BCUT2D eigenvalue weighted by Gasteiger charge is 2.75. The molecule has 7 rings (SSSR count). The van der Waals surface area contributed by atoms with Crippen LogP contribution in [0.2, 0.25) is 0 Å². The minimum absolute atomic E-state index is 0.0325. The number of amides is 4. The fourth-order valence-electron chi connectivity index (χ4n) is 7.89. The van der Waals surface area contributed by atoms with Crippen molar-refractivity contribution in [2.45, 2.75) is 22.6 Å². The van der Waals surface area contributed by atoms with Gasteiger partial charge >= 0.3 is 0 Å². The predicted molar refractivity (Wildman–Crippen MR) is 172 cm³/mol. The average Bonchev–Trinajstić information content (AvgIpc) is 3.40. The molecular weight excluding hydrogens is 633 g/mol. The summed E-state index contributed by atoms with van der Waals surface area (Å²) < 4.78 is 10.7. The zero-order valence-electron chi connectivity index (χ0n) is 25.3. The van der Waals surface area contributed by atoms with E-state index in [4.69, 9.17) is 32.7 Å². The van der Waals surface area contributed by atoms with Crippen molar-refractivity contribution in [2.24, 2.45) is 23.7 Å². The third-order valence-corrected chi connectivity index (χ3v) is 11.7. The van der Waals surface area contributed by atoms with Crippen molar-refractivity contribution >= 4 is 64.3 Å². The molecule has 1 saturated carbocycles. The molecule has 46 heavy (non-hydrogen) atoms. The second kappa shape index (κ2) is 11.1. The Morgan fingerprint density at radius 1 is 0.957 bits per heavy atom. The van der Waals surface area contributed by atoms with Crippen LogP contribution in [0.25, 0.3) is 6.08 Å². The van der Waals surface area contributed by atoms with Crippen molar-refractivity contribution in [1.82, 2.24) is 4.90 Å². The maximum atomic E-state index is 14.2. The quantitative estimate of drug-likeness (QED) is 0.290. The molecule has 5 aliphatic rings. The molecule has 2 aromatic carbocycles. The number of imide groups is 2. The van der Waals surface area contributed by atoms with Crippen molar-refractivity contribution in [2.75, 3.05) is 50.3 Å². The van der Waals surface area contributed by atoms with Crippen molar-refractivity contribution < 1.29 is 33.8 Å². The Kier molecular flexibility index (Phi) is 7.45. The maximum Gasteiger partial charge on any atom is 0.253 e. The number of benzene rings is 2. The molecule has 2 aromatic rings. The molecule has 6 atom stereocenters. The van der Waals surface area contributed by atoms with E-state index >= 15 is 0 Å². The van der Waals surface area contributed by atoms with Crippen molar-refractivity contribution in [1.29, 1.82) is 0 Å². The Balaban J connectivity index is 1.25. The van der Waals surface area contributed by atoms with Crippen molar-refractivity contribution in [3.05, 3.63) is 65.8 Å². The van der Waals surface area contributed by atoms with Gasteiger partial charge in [0.25, 0.3) is 11.8 Å². The lowest BCUT2D eigenvalue weighted by Gasteiger charge is -2.49. The fraction of sp³-hybridized carbons (Fsp3) is 0.412. The zero-order valence-corrected chi connectivity index (χ0v) is 26.8. The first kappa shape index (κ1) is 30.8. The highest BCUT2D eigenvalue weighted by atomic mass is 35.5. The smallest absolute Gasteiger partial charge is 0.253 e. The first-order chi connectivity index (χ1) is 22.0. The van der Waals surface area contributed by atoms with Crippen molar-refractivity contribution in [3.8, 4) is 11.5 Å². The van der Waals surface area contributed by atoms with Crippen molar-refractivity contribution in [3.63, 3.8) is 0 Å². The Morgan fingerprint density at radius 3 is 2.35 bits per heavy atom. The zero-order chi connectivity index (χ0) is 32.5. The lowest BCUT2D eigenvalue weighted by Crippen LogP contribution is -2.60. The fourth-order valence-corrected chi connectivity index (χ4v) is 8.86. The van der Waals surface area contributed by atoms with Crippen LogP contribution in [0, 0.1) is 23.7 Å². The van der Waals surface area contributed by atoms with Gasteiger partial charge in [-0.15, -0.1) is 23.2 Å². The number of likely N-dealkylation sites (tertiary alicyclic amines) is 1. The van der Waals surface area contributed by atoms with Gasteiger partial charge in [-0.25, -0.2) is 0 Å². The minimum atomic E-state index is -1.85. The van der Waals surface area contributed by atoms with E-state index in [1.807, 2.05) is 18.2 Å². The van der Waals surface area contributed by atoms with Crippen LogP contribution < -0.4 is 14.5 Å². The molecule has 12 heteroatoms. The van der Waals surface area contributed by atoms with E-state index in [9.17, 15) is 24.3 Å². The topological polar surface area (TPSA) is 117 Å². The van der Waals surface area contributed by atoms with Crippen LogP contribution in [0.4, 0.5) is 11.4 Å². The molecule has 2 aliphatic carbocycles. The summed E-state index contributed by atoms with van der Waals surface area (Å²) in [4.78, 5) is 56.1. The molecule has 0 radical (unpaired) electrons. The molecule has 4 fully saturated rings. The van der Waals surface area contributed by atoms with Crippen LogP contribution in [-0.4, -0.2) is 83.8 Å². The monoisotopic (exact) mass is 665 g/mol. The van der Waals surface area contributed by atoms with Crippen LogP contribution >= 0.6 is 23.2 Å². The third-order valence-electron chi connectivity index (χ3n) is 10.2. The molecule has 6 unspecified atom stereocenters. The number of hydrogen-bond donors (Lipinski definition) is 1. The summed E-state index contributed by atoms with van der Waals surface area (Å²) in [5.74, 6) is -4.57. The Bertz CT molecular complexity index is 1700. The number of rotatable bonds is 5. The van der Waals surface area contributed by atoms with Crippen LogP contribution in [0.3, 0.4) is 0 Å². The number of methoxy groups -OCH3 is 1. The van der Waals surface area contributed by atoms with Gasteiger partial charge in [0.05, 0.1) is 37.8 Å². The van der Waals surface area contributed by atoms with Gasteiger partial charge in [0.2, 0.25) is 11.8 Å². The number of fused-ring (bicyclic) bond motifs is 4. The number of anilines is 2. The van der Waals surface area contributed by atoms with Crippen LogP contribution in [0.1, 0.15) is 18.4 Å². The number of phenolic OH excluding ortho intramolecular Hbond substituents is 1. The number of nitrogens with zero attached hydrogens (tertiary/aromatic N) is 3. The van der Waals surface area contributed by atoms with Gasteiger partial charge in [0.1, 0.15) is 0 Å². The van der Waals surface area contributed by atoms with Crippen LogP contribution in [0.5, 0.6) is 11.5 Å². The molecule has 3 saturated heterocycles. The number of ether oxygens (including phenoxy) is 2. The van der Waals surface area contributed by atoms with E-state index in [-0.39, 0.29) is 36.2 Å². The number of halogens is 2. The Morgan fingerprint density at radius 2 is 1.65 bits per heavy atom. The van der Waals surface area contributed by atoms with Gasteiger partial charge in [-0.2, -0.15) is 0 Å². The summed E-state index contributed by atoms with van der Waals surface area (Å²) in [5, 5.41) is 10.1. The van der Waals surface area contributed by atoms with Gasteiger partial charge in [-0.1, -0.05) is 29.9 Å². The predicted octanol–water partition coefficient (Wildman–Crippen LogP) is 3.98. The lowest BCUT2D eigenvalue weighted by molar-refractivity contribution is -0.138. The van der Waals surface area contributed by atoms with Gasteiger partial charge in [0.15, 0.2) is 21.2 Å².